The van der Waals surface area contributed by atoms with E-state index in [1.54, 1.807) is 11.1 Å². The van der Waals surface area contributed by atoms with E-state index in [0.29, 0.717) is 0 Å². The molecule has 3 aromatic carbocycles. The van der Waals surface area contributed by atoms with Gasteiger partial charge in [-0.2, -0.15) is 0 Å². The summed E-state index contributed by atoms with van der Waals surface area (Å²) >= 11 is 0. The molecule has 3 aliphatic rings. The average molecular weight is 543 g/mol. The van der Waals surface area contributed by atoms with E-state index in [1.165, 1.54) is 47.2 Å². The van der Waals surface area contributed by atoms with E-state index in [2.05, 4.69) is 92.7 Å². The number of benzene rings is 3. The Labute approximate surface area is 244 Å². The smallest absolute Gasteiger partial charge is 0.0658 e. The van der Waals surface area contributed by atoms with Gasteiger partial charge >= 0.3 is 0 Å². The molecule has 8 bridgehead atoms. The third-order valence-corrected chi connectivity index (χ3v) is 8.30. The summed E-state index contributed by atoms with van der Waals surface area (Å²) in [6, 6.07) is 34.3. The summed E-state index contributed by atoms with van der Waals surface area (Å²) in [4.78, 5) is 16.0. The van der Waals surface area contributed by atoms with Crippen LogP contribution >= 0.6 is 0 Å². The molecular weight excluding hydrogens is 512 g/mol. The Morgan fingerprint density at radius 2 is 0.976 bits per heavy atom. The summed E-state index contributed by atoms with van der Waals surface area (Å²) in [7, 11) is 0. The van der Waals surface area contributed by atoms with Gasteiger partial charge < -0.3 is 9.97 Å². The molecule has 0 saturated carbocycles. The third kappa shape index (κ3) is 4.82. The standard InChI is InChI=1S/C20H14N4.C18H16/c1-2-14-10-16-5-6-18(23-16)12-20-8-7-19(24-20)11-17-4-3-15(22-17)9-13(1)21-14;1-3-7-15-13(5-1)9-11-18-16-8-4-2-6-14(16)10-12-17(15)18/h1-12,21,24H;1,3,5,7,9-12H,2,4,6,8H2. The minimum atomic E-state index is 0.939. The minimum Gasteiger partial charge on any atom is -0.355 e. The summed E-state index contributed by atoms with van der Waals surface area (Å²) in [5.41, 5.74) is 11.0. The van der Waals surface area contributed by atoms with Crippen molar-refractivity contribution in [1.29, 1.82) is 0 Å². The van der Waals surface area contributed by atoms with E-state index >= 15 is 0 Å². The van der Waals surface area contributed by atoms with Gasteiger partial charge in [-0.15, -0.1) is 0 Å². The number of hydrogen-bond donors (Lipinski definition) is 2. The highest BCUT2D eigenvalue weighted by Crippen LogP contribution is 2.33. The van der Waals surface area contributed by atoms with Gasteiger partial charge in [-0.05, 0) is 131 Å². The second-order valence-corrected chi connectivity index (χ2v) is 11.2. The Morgan fingerprint density at radius 3 is 1.57 bits per heavy atom. The summed E-state index contributed by atoms with van der Waals surface area (Å²) in [6.07, 6.45) is 13.3. The number of aromatic amines is 2. The molecule has 0 unspecified atom stereocenters. The molecule has 4 heteroatoms. The predicted molar refractivity (Wildman–Crippen MR) is 177 cm³/mol. The van der Waals surface area contributed by atoms with Crippen molar-refractivity contribution in [3.05, 3.63) is 131 Å². The van der Waals surface area contributed by atoms with E-state index in [9.17, 15) is 0 Å². The number of aromatic nitrogens is 4. The number of rotatable bonds is 0. The Morgan fingerprint density at radius 1 is 0.452 bits per heavy atom. The van der Waals surface area contributed by atoms with Crippen LogP contribution in [0.3, 0.4) is 0 Å². The van der Waals surface area contributed by atoms with Crippen molar-refractivity contribution < 1.29 is 0 Å². The first-order valence-corrected chi connectivity index (χ1v) is 14.7. The Hall–Kier alpha value is -5.22. The summed E-state index contributed by atoms with van der Waals surface area (Å²) < 4.78 is 0. The lowest BCUT2D eigenvalue weighted by Gasteiger charge is -2.18. The molecule has 9 rings (SSSR count). The lowest BCUT2D eigenvalue weighted by atomic mass is 9.86. The lowest BCUT2D eigenvalue weighted by Crippen LogP contribution is -2.02. The topological polar surface area (TPSA) is 57.4 Å². The Balaban J connectivity index is 0.000000132. The first kappa shape index (κ1) is 24.6. The van der Waals surface area contributed by atoms with E-state index in [-0.39, 0.29) is 0 Å². The van der Waals surface area contributed by atoms with E-state index < -0.39 is 0 Å². The molecule has 202 valence electrons. The SMILES string of the molecule is C1=Cc2cc3ccc(cc4nc(cc5ccc(cc1n2)[nH]5)C=C4)[nH]3.c1ccc2c(c1)ccc1c3c(ccc12)CCCC3. The molecule has 0 saturated heterocycles. The highest BCUT2D eigenvalue weighted by atomic mass is 14.8. The summed E-state index contributed by atoms with van der Waals surface area (Å²) in [5, 5.41) is 5.64. The number of hydrogen-bond acceptors (Lipinski definition) is 2. The molecule has 0 amide bonds. The number of nitrogens with one attached hydrogen (secondary N) is 2. The van der Waals surface area contributed by atoms with Crippen molar-refractivity contribution in [2.75, 3.05) is 0 Å². The van der Waals surface area contributed by atoms with Gasteiger partial charge in [0.1, 0.15) is 0 Å². The van der Waals surface area contributed by atoms with Gasteiger partial charge in [0.15, 0.2) is 0 Å². The zero-order chi connectivity index (χ0) is 27.9. The quantitative estimate of drug-likeness (QED) is 0.187. The maximum Gasteiger partial charge on any atom is 0.0658 e. The van der Waals surface area contributed by atoms with Crippen LogP contribution in [0.25, 0.3) is 67.9 Å². The van der Waals surface area contributed by atoms with Gasteiger partial charge in [-0.3, -0.25) is 0 Å². The molecule has 4 nitrogen and oxygen atoms in total. The van der Waals surface area contributed by atoms with Crippen molar-refractivity contribution in [3.63, 3.8) is 0 Å². The van der Waals surface area contributed by atoms with Crippen molar-refractivity contribution >= 4 is 67.9 Å². The Bertz CT molecular complexity index is 2040. The first-order valence-electron chi connectivity index (χ1n) is 14.7. The van der Waals surface area contributed by atoms with Crippen LogP contribution in [0.15, 0.2) is 97.1 Å². The molecule has 0 radical (unpaired) electrons. The summed E-state index contributed by atoms with van der Waals surface area (Å²) in [5.74, 6) is 0. The van der Waals surface area contributed by atoms with Gasteiger partial charge in [-0.25, -0.2) is 9.97 Å². The molecule has 42 heavy (non-hydrogen) atoms. The van der Waals surface area contributed by atoms with E-state index in [4.69, 9.17) is 0 Å². The number of nitrogens with zero attached hydrogens (tertiary/aromatic N) is 2. The van der Waals surface area contributed by atoms with Crippen LogP contribution in [0.5, 0.6) is 0 Å². The van der Waals surface area contributed by atoms with Gasteiger partial charge in [0.2, 0.25) is 0 Å². The van der Waals surface area contributed by atoms with Gasteiger partial charge in [-0.1, -0.05) is 48.5 Å². The molecule has 2 N–H and O–H groups in total. The van der Waals surface area contributed by atoms with E-state index in [1.807, 2.05) is 48.6 Å². The van der Waals surface area contributed by atoms with Crippen LogP contribution in [0.1, 0.15) is 46.7 Å². The van der Waals surface area contributed by atoms with Crippen molar-refractivity contribution in [3.8, 4) is 0 Å². The fourth-order valence-corrected chi connectivity index (χ4v) is 6.29. The van der Waals surface area contributed by atoms with Gasteiger partial charge in [0.05, 0.1) is 22.8 Å². The van der Waals surface area contributed by atoms with Crippen LogP contribution in [-0.2, 0) is 12.8 Å². The zero-order valence-electron chi connectivity index (χ0n) is 23.3. The van der Waals surface area contributed by atoms with Crippen LogP contribution < -0.4 is 0 Å². The van der Waals surface area contributed by atoms with E-state index in [0.717, 1.165) is 44.8 Å². The normalized spacial score (nSPS) is 13.6. The number of H-pyrrole nitrogens is 2. The molecule has 2 aliphatic heterocycles. The maximum absolute atomic E-state index is 4.63. The lowest BCUT2D eigenvalue weighted by molar-refractivity contribution is 0.690. The molecule has 5 heterocycles. The highest BCUT2D eigenvalue weighted by Gasteiger charge is 2.13. The highest BCUT2D eigenvalue weighted by molar-refractivity contribution is 6.08. The number of aryl methyl sites for hydroxylation is 2. The van der Waals surface area contributed by atoms with Gasteiger partial charge in [0.25, 0.3) is 0 Å². The number of fused-ring (bicyclic) bond motifs is 13. The minimum absolute atomic E-state index is 0.939. The van der Waals surface area contributed by atoms with Crippen LogP contribution in [0.4, 0.5) is 0 Å². The second-order valence-electron chi connectivity index (χ2n) is 11.2. The average Bonchev–Trinajstić information content (AvgIpc) is 3.84. The molecular formula is C38H30N4. The summed E-state index contributed by atoms with van der Waals surface area (Å²) in [6.45, 7) is 0. The zero-order valence-corrected chi connectivity index (χ0v) is 23.3. The van der Waals surface area contributed by atoms with Crippen molar-refractivity contribution in [1.82, 2.24) is 19.9 Å². The molecule has 3 aromatic heterocycles. The Kier molecular flexibility index (Phi) is 6.03. The fourth-order valence-electron chi connectivity index (χ4n) is 6.29. The van der Waals surface area contributed by atoms with Gasteiger partial charge in [0, 0.05) is 22.1 Å². The molecule has 0 atom stereocenters. The monoisotopic (exact) mass is 542 g/mol. The molecule has 1 aliphatic carbocycles. The maximum atomic E-state index is 4.63. The second kappa shape index (κ2) is 10.3. The molecule has 0 fully saturated rings. The molecule has 6 aromatic rings. The van der Waals surface area contributed by atoms with Crippen LogP contribution in [0.2, 0.25) is 0 Å². The largest absolute Gasteiger partial charge is 0.355 e. The molecule has 0 spiro atoms. The third-order valence-electron chi connectivity index (χ3n) is 8.30. The van der Waals surface area contributed by atoms with Crippen LogP contribution in [-0.4, -0.2) is 19.9 Å². The van der Waals surface area contributed by atoms with Crippen molar-refractivity contribution in [2.45, 2.75) is 25.7 Å². The predicted octanol–water partition coefficient (Wildman–Crippen LogP) is 9.53. The van der Waals surface area contributed by atoms with Crippen LogP contribution in [0, 0.1) is 0 Å². The first-order chi connectivity index (χ1) is 20.7. The fraction of sp³-hybridized carbons (Fsp3) is 0.105. The van der Waals surface area contributed by atoms with Crippen molar-refractivity contribution in [2.24, 2.45) is 0 Å².